The third-order valence-corrected chi connectivity index (χ3v) is 8.13. The maximum Gasteiger partial charge on any atom is 0.146 e. The highest BCUT2D eigenvalue weighted by atomic mass is 16.5. The summed E-state index contributed by atoms with van der Waals surface area (Å²) >= 11 is 0. The van der Waals surface area contributed by atoms with Gasteiger partial charge in [0.1, 0.15) is 22.8 Å². The van der Waals surface area contributed by atoms with Crippen molar-refractivity contribution in [3.8, 4) is 11.5 Å². The molecule has 0 fully saturated rings. The summed E-state index contributed by atoms with van der Waals surface area (Å²) in [5.74, 6) is 2.11. The molecule has 0 radical (unpaired) electrons. The quantitative estimate of drug-likeness (QED) is 0.211. The fourth-order valence-corrected chi connectivity index (χ4v) is 5.93. The Labute approximate surface area is 236 Å². The van der Waals surface area contributed by atoms with E-state index in [9.17, 15) is 0 Å². The number of imidazole rings is 2. The molecule has 0 unspecified atom stereocenters. The fourth-order valence-electron chi connectivity index (χ4n) is 5.93. The number of rotatable bonds is 4. The van der Waals surface area contributed by atoms with Gasteiger partial charge in [0.15, 0.2) is 0 Å². The Morgan fingerprint density at radius 3 is 1.46 bits per heavy atom. The van der Waals surface area contributed by atoms with E-state index in [1.807, 2.05) is 36.9 Å². The standard InChI is InChI=1S/C34H28N6O/c1-19(2)21-5-7-29-25(13-21)31-27(33-35-9-11-39(29)33)15-23(17-37-31)41-24-16-28-32(38-18-24)26-14-22(20(3)4)6-8-30(26)40-12-10-36-34(28)40/h5-20H,1-4H3. The van der Waals surface area contributed by atoms with Crippen LogP contribution < -0.4 is 4.74 Å². The van der Waals surface area contributed by atoms with Crippen LogP contribution in [0.1, 0.15) is 50.7 Å². The molecule has 6 heterocycles. The van der Waals surface area contributed by atoms with E-state index < -0.39 is 0 Å². The molecule has 8 rings (SSSR count). The van der Waals surface area contributed by atoms with Crippen LogP contribution >= 0.6 is 0 Å². The summed E-state index contributed by atoms with van der Waals surface area (Å²) in [5.41, 5.74) is 8.27. The largest absolute Gasteiger partial charge is 0.454 e. The summed E-state index contributed by atoms with van der Waals surface area (Å²) in [4.78, 5) is 19.1. The Kier molecular flexibility index (Phi) is 5.07. The lowest BCUT2D eigenvalue weighted by atomic mass is 10.00. The normalized spacial score (nSPS) is 12.3. The van der Waals surface area contributed by atoms with Crippen LogP contribution in [0.2, 0.25) is 0 Å². The Bertz CT molecular complexity index is 2150. The first-order valence-corrected chi connectivity index (χ1v) is 14.0. The summed E-state index contributed by atoms with van der Waals surface area (Å²) in [6, 6.07) is 17.2. The number of aromatic nitrogens is 6. The highest BCUT2D eigenvalue weighted by Crippen LogP contribution is 2.35. The molecule has 0 atom stereocenters. The number of nitrogens with zero attached hydrogens (tertiary/aromatic N) is 6. The minimum Gasteiger partial charge on any atom is -0.454 e. The van der Waals surface area contributed by atoms with E-state index in [4.69, 9.17) is 14.7 Å². The predicted molar refractivity (Wildman–Crippen MR) is 164 cm³/mol. The van der Waals surface area contributed by atoms with Gasteiger partial charge < -0.3 is 4.74 Å². The number of benzene rings is 2. The molecule has 0 amide bonds. The number of hydrogen-bond donors (Lipinski definition) is 0. The topological polar surface area (TPSA) is 69.6 Å². The van der Waals surface area contributed by atoms with Crippen LogP contribution in [0.25, 0.3) is 54.9 Å². The van der Waals surface area contributed by atoms with Gasteiger partial charge in [-0.05, 0) is 59.4 Å². The zero-order valence-electron chi connectivity index (χ0n) is 23.3. The minimum atomic E-state index is 0.423. The van der Waals surface area contributed by atoms with Gasteiger partial charge in [-0.15, -0.1) is 0 Å². The van der Waals surface area contributed by atoms with E-state index in [1.54, 1.807) is 12.4 Å². The molecule has 0 saturated heterocycles. The van der Waals surface area contributed by atoms with E-state index in [0.29, 0.717) is 23.3 Å². The second-order valence-electron chi connectivity index (χ2n) is 11.3. The van der Waals surface area contributed by atoms with Crippen molar-refractivity contribution in [2.75, 3.05) is 0 Å². The Balaban J connectivity index is 1.29. The molecule has 7 heteroatoms. The van der Waals surface area contributed by atoms with Crippen LogP contribution in [-0.4, -0.2) is 28.7 Å². The van der Waals surface area contributed by atoms with Gasteiger partial charge in [0.2, 0.25) is 0 Å². The van der Waals surface area contributed by atoms with Crippen LogP contribution in [0.5, 0.6) is 11.5 Å². The van der Waals surface area contributed by atoms with Crippen LogP contribution in [0, 0.1) is 0 Å². The van der Waals surface area contributed by atoms with Gasteiger partial charge in [-0.2, -0.15) is 0 Å². The van der Waals surface area contributed by atoms with Crippen molar-refractivity contribution in [3.63, 3.8) is 0 Å². The van der Waals surface area contributed by atoms with Gasteiger partial charge in [-0.25, -0.2) is 9.97 Å². The molecule has 0 bridgehead atoms. The summed E-state index contributed by atoms with van der Waals surface area (Å²) in [5, 5.41) is 4.09. The highest BCUT2D eigenvalue weighted by Gasteiger charge is 2.16. The molecule has 7 nitrogen and oxygen atoms in total. The second-order valence-corrected chi connectivity index (χ2v) is 11.3. The summed E-state index contributed by atoms with van der Waals surface area (Å²) < 4.78 is 10.6. The molecule has 6 aromatic heterocycles. The number of pyridine rings is 4. The molecule has 41 heavy (non-hydrogen) atoms. The molecular formula is C34H28N6O. The van der Waals surface area contributed by atoms with Crippen molar-refractivity contribution in [2.45, 2.75) is 39.5 Å². The van der Waals surface area contributed by atoms with Crippen LogP contribution in [0.3, 0.4) is 0 Å². The molecule has 0 aliphatic heterocycles. The minimum absolute atomic E-state index is 0.423. The lowest BCUT2D eigenvalue weighted by molar-refractivity contribution is 0.480. The number of fused-ring (bicyclic) bond motifs is 12. The van der Waals surface area contributed by atoms with Gasteiger partial charge >= 0.3 is 0 Å². The monoisotopic (exact) mass is 536 g/mol. The average Bonchev–Trinajstić information content (AvgIpc) is 3.68. The first-order valence-electron chi connectivity index (χ1n) is 14.0. The Morgan fingerprint density at radius 1 is 0.561 bits per heavy atom. The van der Waals surface area contributed by atoms with Crippen molar-refractivity contribution in [3.05, 3.63) is 96.8 Å². The zero-order chi connectivity index (χ0) is 27.8. The number of ether oxygens (including phenoxy) is 1. The average molecular weight is 537 g/mol. The van der Waals surface area contributed by atoms with Crippen LogP contribution in [-0.2, 0) is 0 Å². The van der Waals surface area contributed by atoms with Crippen molar-refractivity contribution >= 4 is 54.9 Å². The predicted octanol–water partition coefficient (Wildman–Crippen LogP) is 8.42. The number of hydrogen-bond acceptors (Lipinski definition) is 5. The van der Waals surface area contributed by atoms with E-state index in [1.165, 1.54) is 11.1 Å². The van der Waals surface area contributed by atoms with E-state index in [-0.39, 0.29) is 0 Å². The highest BCUT2D eigenvalue weighted by molar-refractivity contribution is 6.11. The van der Waals surface area contributed by atoms with Gasteiger partial charge in [-0.3, -0.25) is 18.8 Å². The third-order valence-electron chi connectivity index (χ3n) is 8.13. The smallest absolute Gasteiger partial charge is 0.146 e. The van der Waals surface area contributed by atoms with Crippen molar-refractivity contribution in [1.29, 1.82) is 0 Å². The molecule has 8 aromatic rings. The van der Waals surface area contributed by atoms with E-state index in [0.717, 1.165) is 54.9 Å². The first-order chi connectivity index (χ1) is 20.0. The Hall–Kier alpha value is -5.04. The molecule has 0 saturated carbocycles. The molecule has 0 aliphatic carbocycles. The lowest BCUT2D eigenvalue weighted by Crippen LogP contribution is -1.97. The van der Waals surface area contributed by atoms with Crippen LogP contribution in [0.4, 0.5) is 0 Å². The van der Waals surface area contributed by atoms with Gasteiger partial charge in [0, 0.05) is 46.3 Å². The third kappa shape index (κ3) is 3.58. The van der Waals surface area contributed by atoms with Gasteiger partial charge in [0.05, 0.1) is 34.5 Å². The first kappa shape index (κ1) is 23.8. The lowest BCUT2D eigenvalue weighted by Gasteiger charge is -2.13. The molecule has 2 aromatic carbocycles. The van der Waals surface area contributed by atoms with Gasteiger partial charge in [-0.1, -0.05) is 39.8 Å². The Morgan fingerprint density at radius 2 is 1.02 bits per heavy atom. The van der Waals surface area contributed by atoms with Crippen molar-refractivity contribution in [1.82, 2.24) is 28.7 Å². The maximum atomic E-state index is 6.39. The van der Waals surface area contributed by atoms with E-state index in [2.05, 4.69) is 82.9 Å². The summed E-state index contributed by atoms with van der Waals surface area (Å²) in [7, 11) is 0. The molecule has 0 aliphatic rings. The zero-order valence-corrected chi connectivity index (χ0v) is 23.3. The molecule has 200 valence electrons. The van der Waals surface area contributed by atoms with Gasteiger partial charge in [0.25, 0.3) is 0 Å². The van der Waals surface area contributed by atoms with Crippen LogP contribution in [0.15, 0.2) is 85.7 Å². The van der Waals surface area contributed by atoms with Crippen molar-refractivity contribution in [2.24, 2.45) is 0 Å². The van der Waals surface area contributed by atoms with Crippen molar-refractivity contribution < 1.29 is 4.74 Å². The molecule has 0 spiro atoms. The summed E-state index contributed by atoms with van der Waals surface area (Å²) in [6.45, 7) is 8.83. The molecular weight excluding hydrogens is 508 g/mol. The summed E-state index contributed by atoms with van der Waals surface area (Å²) in [6.07, 6.45) is 11.2. The maximum absolute atomic E-state index is 6.39. The van der Waals surface area contributed by atoms with E-state index >= 15 is 0 Å². The SMILES string of the molecule is CC(C)c1ccc2c(c1)c1ncc(Oc3cnc4c5cc(C(C)C)ccc5n5ccnc5c4c3)cc1c1nccn21. The second kappa shape index (κ2) is 8.73. The fraction of sp³-hybridized carbons (Fsp3) is 0.176. The molecule has 0 N–H and O–H groups in total.